The van der Waals surface area contributed by atoms with E-state index < -0.39 is 8.07 Å². The van der Waals surface area contributed by atoms with Gasteiger partial charge in [0, 0.05) is 32.8 Å². The van der Waals surface area contributed by atoms with E-state index in [9.17, 15) is 0 Å². The molecule has 0 unspecified atom stereocenters. The maximum Gasteiger partial charge on any atom is 0.143 e. The number of hydrogen-bond donors (Lipinski definition) is 0. The quantitative estimate of drug-likeness (QED) is 0.230. The van der Waals surface area contributed by atoms with Crippen LogP contribution in [-0.2, 0) is 0 Å². The van der Waals surface area contributed by atoms with E-state index in [4.69, 9.17) is 4.42 Å². The standard InChI is InChI=1S/C33H27NOSi/c1-36(2,3)24-12-10-11-22(19-24)28-20-23(21-29-27-15-6-9-18-32(27)35-33(28)29)34-30-16-7-4-13-25(30)26-14-5-8-17-31(26)34/h4-21H,1-3H3. The molecule has 0 saturated heterocycles. The number of furan rings is 1. The molecular formula is C33H27NOSi. The summed E-state index contributed by atoms with van der Waals surface area (Å²) < 4.78 is 8.91. The second kappa shape index (κ2) is 7.71. The first-order valence-electron chi connectivity index (χ1n) is 12.5. The average Bonchev–Trinajstić information content (AvgIpc) is 3.44. The lowest BCUT2D eigenvalue weighted by Gasteiger charge is -2.18. The molecule has 36 heavy (non-hydrogen) atoms. The molecule has 0 spiro atoms. The van der Waals surface area contributed by atoms with Crippen molar-refractivity contribution in [2.45, 2.75) is 19.6 Å². The molecule has 0 aliphatic rings. The van der Waals surface area contributed by atoms with Crippen molar-refractivity contribution in [3.05, 3.63) is 109 Å². The van der Waals surface area contributed by atoms with Gasteiger partial charge in [0.05, 0.1) is 19.1 Å². The van der Waals surface area contributed by atoms with Crippen LogP contribution < -0.4 is 5.19 Å². The zero-order valence-electron chi connectivity index (χ0n) is 20.7. The lowest BCUT2D eigenvalue weighted by Crippen LogP contribution is -2.37. The van der Waals surface area contributed by atoms with E-state index in [2.05, 4.69) is 127 Å². The Kier molecular flexibility index (Phi) is 4.54. The highest BCUT2D eigenvalue weighted by Crippen LogP contribution is 2.40. The van der Waals surface area contributed by atoms with Crippen LogP contribution in [-0.4, -0.2) is 12.6 Å². The fraction of sp³-hybridized carbons (Fsp3) is 0.0909. The SMILES string of the molecule is C[Si](C)(C)c1cccc(-c2cc(-n3c4ccccc4c4ccccc43)cc3c2oc2ccccc23)c1. The fourth-order valence-corrected chi connectivity index (χ4v) is 6.69. The van der Waals surface area contributed by atoms with Crippen LogP contribution in [0, 0.1) is 0 Å². The molecule has 0 aliphatic carbocycles. The summed E-state index contributed by atoms with van der Waals surface area (Å²) in [5.74, 6) is 0. The first-order valence-corrected chi connectivity index (χ1v) is 16.0. The summed E-state index contributed by atoms with van der Waals surface area (Å²) in [5, 5.41) is 6.29. The van der Waals surface area contributed by atoms with Crippen LogP contribution in [0.15, 0.2) is 114 Å². The lowest BCUT2D eigenvalue weighted by atomic mass is 10.0. The molecule has 0 amide bonds. The fourth-order valence-electron chi connectivity index (χ4n) is 5.51. The van der Waals surface area contributed by atoms with Crippen molar-refractivity contribution in [1.29, 1.82) is 0 Å². The highest BCUT2D eigenvalue weighted by atomic mass is 28.3. The van der Waals surface area contributed by atoms with E-state index in [0.717, 1.165) is 33.2 Å². The molecule has 2 nitrogen and oxygen atoms in total. The van der Waals surface area contributed by atoms with Crippen LogP contribution in [0.3, 0.4) is 0 Å². The molecule has 7 rings (SSSR count). The Labute approximate surface area is 211 Å². The van der Waals surface area contributed by atoms with Crippen molar-refractivity contribution in [1.82, 2.24) is 4.57 Å². The minimum absolute atomic E-state index is 0.925. The molecule has 0 fully saturated rings. The van der Waals surface area contributed by atoms with Gasteiger partial charge in [-0.15, -0.1) is 0 Å². The maximum atomic E-state index is 6.51. The molecule has 3 heteroatoms. The Morgan fingerprint density at radius 3 is 1.92 bits per heavy atom. The van der Waals surface area contributed by atoms with Gasteiger partial charge in [-0.1, -0.05) is 104 Å². The number of rotatable bonds is 3. The minimum Gasteiger partial charge on any atom is -0.455 e. The lowest BCUT2D eigenvalue weighted by molar-refractivity contribution is 0.670. The van der Waals surface area contributed by atoms with Crippen molar-refractivity contribution >= 4 is 57.0 Å². The Balaban J connectivity index is 1.62. The first-order chi connectivity index (χ1) is 17.5. The molecular weight excluding hydrogens is 454 g/mol. The van der Waals surface area contributed by atoms with Crippen molar-refractivity contribution in [3.8, 4) is 16.8 Å². The van der Waals surface area contributed by atoms with E-state index in [0.29, 0.717) is 0 Å². The van der Waals surface area contributed by atoms with Gasteiger partial charge >= 0.3 is 0 Å². The predicted molar refractivity (Wildman–Crippen MR) is 156 cm³/mol. The van der Waals surface area contributed by atoms with Gasteiger partial charge in [0.1, 0.15) is 11.2 Å². The second-order valence-corrected chi connectivity index (χ2v) is 15.7. The summed E-state index contributed by atoms with van der Waals surface area (Å²) in [6.45, 7) is 7.20. The zero-order chi connectivity index (χ0) is 24.4. The topological polar surface area (TPSA) is 18.1 Å². The van der Waals surface area contributed by atoms with Crippen LogP contribution in [0.1, 0.15) is 0 Å². The van der Waals surface area contributed by atoms with Crippen molar-refractivity contribution in [3.63, 3.8) is 0 Å². The monoisotopic (exact) mass is 481 g/mol. The Hall–Kier alpha value is -4.08. The van der Waals surface area contributed by atoms with E-state index in [-0.39, 0.29) is 0 Å². The van der Waals surface area contributed by atoms with Crippen LogP contribution >= 0.6 is 0 Å². The summed E-state index contributed by atoms with van der Waals surface area (Å²) in [5.41, 5.74) is 7.81. The van der Waals surface area contributed by atoms with Crippen LogP contribution in [0.5, 0.6) is 0 Å². The molecule has 174 valence electrons. The van der Waals surface area contributed by atoms with Gasteiger partial charge in [-0.25, -0.2) is 0 Å². The number of aromatic nitrogens is 1. The molecule has 5 aromatic carbocycles. The van der Waals surface area contributed by atoms with E-state index in [1.165, 1.54) is 32.6 Å². The molecule has 0 saturated carbocycles. The van der Waals surface area contributed by atoms with Gasteiger partial charge in [-0.2, -0.15) is 0 Å². The van der Waals surface area contributed by atoms with Gasteiger partial charge in [-0.3, -0.25) is 0 Å². The van der Waals surface area contributed by atoms with Crippen LogP contribution in [0.2, 0.25) is 19.6 Å². The predicted octanol–water partition coefficient (Wildman–Crippen LogP) is 8.90. The van der Waals surface area contributed by atoms with Gasteiger partial charge in [0.25, 0.3) is 0 Å². The van der Waals surface area contributed by atoms with E-state index in [1.807, 2.05) is 6.07 Å². The summed E-state index contributed by atoms with van der Waals surface area (Å²) >= 11 is 0. The van der Waals surface area contributed by atoms with Gasteiger partial charge in [0.2, 0.25) is 0 Å². The molecule has 2 heterocycles. The molecule has 0 atom stereocenters. The summed E-state index contributed by atoms with van der Waals surface area (Å²) in [6.07, 6.45) is 0. The minimum atomic E-state index is -1.47. The summed E-state index contributed by atoms with van der Waals surface area (Å²) in [7, 11) is -1.47. The molecule has 0 N–H and O–H groups in total. The molecule has 7 aromatic rings. The Morgan fingerprint density at radius 2 is 1.22 bits per heavy atom. The smallest absolute Gasteiger partial charge is 0.143 e. The highest BCUT2D eigenvalue weighted by Gasteiger charge is 2.20. The van der Waals surface area contributed by atoms with Gasteiger partial charge in [0.15, 0.2) is 0 Å². The second-order valence-electron chi connectivity index (χ2n) is 10.7. The Bertz CT molecular complexity index is 1880. The zero-order valence-corrected chi connectivity index (χ0v) is 21.7. The third kappa shape index (κ3) is 3.16. The normalized spacial score (nSPS) is 12.3. The van der Waals surface area contributed by atoms with Crippen LogP contribution in [0.4, 0.5) is 0 Å². The van der Waals surface area contributed by atoms with E-state index in [1.54, 1.807) is 0 Å². The molecule has 0 bridgehead atoms. The molecule has 2 aromatic heterocycles. The maximum absolute atomic E-state index is 6.51. The van der Waals surface area contributed by atoms with E-state index >= 15 is 0 Å². The Morgan fingerprint density at radius 1 is 0.583 bits per heavy atom. The number of nitrogens with zero attached hydrogens (tertiary/aromatic N) is 1. The number of hydrogen-bond acceptors (Lipinski definition) is 1. The first kappa shape index (κ1) is 21.2. The van der Waals surface area contributed by atoms with Gasteiger partial charge < -0.3 is 8.98 Å². The van der Waals surface area contributed by atoms with Crippen molar-refractivity contribution in [2.24, 2.45) is 0 Å². The largest absolute Gasteiger partial charge is 0.455 e. The third-order valence-corrected chi connectivity index (χ3v) is 9.38. The summed E-state index contributed by atoms with van der Waals surface area (Å²) in [6, 6.07) is 39.4. The van der Waals surface area contributed by atoms with Crippen LogP contribution in [0.25, 0.3) is 60.6 Å². The number of benzene rings is 5. The average molecular weight is 482 g/mol. The summed E-state index contributed by atoms with van der Waals surface area (Å²) in [4.78, 5) is 0. The highest BCUT2D eigenvalue weighted by molar-refractivity contribution is 6.88. The molecule has 0 radical (unpaired) electrons. The number of para-hydroxylation sites is 3. The van der Waals surface area contributed by atoms with Crippen molar-refractivity contribution in [2.75, 3.05) is 0 Å². The van der Waals surface area contributed by atoms with Crippen molar-refractivity contribution < 1.29 is 4.42 Å². The van der Waals surface area contributed by atoms with Gasteiger partial charge in [-0.05, 0) is 35.9 Å². The molecule has 0 aliphatic heterocycles. The third-order valence-electron chi connectivity index (χ3n) is 7.34. The number of fused-ring (bicyclic) bond motifs is 6.